The van der Waals surface area contributed by atoms with E-state index in [1.54, 1.807) is 18.2 Å². The second-order valence-electron chi connectivity index (χ2n) is 4.93. The number of piperidine rings is 1. The van der Waals surface area contributed by atoms with Gasteiger partial charge in [0, 0.05) is 18.0 Å². The molecule has 1 fully saturated rings. The molecule has 1 amide bonds. The predicted molar refractivity (Wildman–Crippen MR) is 79.4 cm³/mol. The Labute approximate surface area is 118 Å². The molecule has 1 aromatic rings. The van der Waals surface area contributed by atoms with Gasteiger partial charge < -0.3 is 16.0 Å². The molecule has 1 aliphatic heterocycles. The Morgan fingerprint density at radius 2 is 2.05 bits per heavy atom. The van der Waals surface area contributed by atoms with Crippen molar-refractivity contribution < 1.29 is 4.79 Å². The summed E-state index contributed by atoms with van der Waals surface area (Å²) in [5, 5.41) is 3.39. The first-order valence-electron chi connectivity index (χ1n) is 6.72. The molecule has 0 saturated carbocycles. The van der Waals surface area contributed by atoms with E-state index in [0.29, 0.717) is 22.8 Å². The summed E-state index contributed by atoms with van der Waals surface area (Å²) >= 11 is 5.88. The number of anilines is 2. The maximum atomic E-state index is 11.9. The van der Waals surface area contributed by atoms with E-state index in [4.69, 9.17) is 17.3 Å². The first kappa shape index (κ1) is 14.2. The average Bonchev–Trinajstić information content (AvgIpc) is 2.42. The Bertz CT molecular complexity index is 444. The van der Waals surface area contributed by atoms with Crippen molar-refractivity contribution in [1.82, 2.24) is 4.90 Å². The molecule has 0 radical (unpaired) electrons. The first-order chi connectivity index (χ1) is 9.15. The molecule has 1 aromatic carbocycles. The lowest BCUT2D eigenvalue weighted by Gasteiger charge is -2.26. The molecule has 0 bridgehead atoms. The highest BCUT2D eigenvalue weighted by atomic mass is 35.5. The van der Waals surface area contributed by atoms with Gasteiger partial charge in [0.15, 0.2) is 0 Å². The van der Waals surface area contributed by atoms with Crippen LogP contribution in [0.1, 0.15) is 25.7 Å². The van der Waals surface area contributed by atoms with Crippen molar-refractivity contribution in [2.45, 2.75) is 25.7 Å². The zero-order chi connectivity index (χ0) is 13.7. The van der Waals surface area contributed by atoms with Crippen molar-refractivity contribution in [3.63, 3.8) is 0 Å². The van der Waals surface area contributed by atoms with Gasteiger partial charge in [-0.3, -0.25) is 4.79 Å². The molecule has 1 heterocycles. The van der Waals surface area contributed by atoms with Crippen LogP contribution in [0.25, 0.3) is 0 Å². The fourth-order valence-electron chi connectivity index (χ4n) is 2.29. The third-order valence-corrected chi connectivity index (χ3v) is 3.63. The van der Waals surface area contributed by atoms with Crippen LogP contribution in [0.5, 0.6) is 0 Å². The Balaban J connectivity index is 1.81. The van der Waals surface area contributed by atoms with Crippen molar-refractivity contribution in [2.24, 2.45) is 0 Å². The van der Waals surface area contributed by atoms with Crippen molar-refractivity contribution in [3.05, 3.63) is 23.2 Å². The lowest BCUT2D eigenvalue weighted by Crippen LogP contribution is -2.32. The highest BCUT2D eigenvalue weighted by Gasteiger charge is 2.12. The van der Waals surface area contributed by atoms with E-state index in [2.05, 4.69) is 10.2 Å². The summed E-state index contributed by atoms with van der Waals surface area (Å²) in [6, 6.07) is 5.08. The SMILES string of the molecule is Nc1ccc(Cl)cc1NC(=O)CCN1CCCCC1. The number of likely N-dealkylation sites (tertiary alicyclic amines) is 1. The minimum atomic E-state index is -0.0143. The molecule has 0 atom stereocenters. The number of halogens is 1. The van der Waals surface area contributed by atoms with Gasteiger partial charge in [0.05, 0.1) is 11.4 Å². The highest BCUT2D eigenvalue weighted by molar-refractivity contribution is 6.31. The molecule has 1 aliphatic rings. The monoisotopic (exact) mass is 281 g/mol. The number of carbonyl (C=O) groups is 1. The van der Waals surface area contributed by atoms with E-state index in [9.17, 15) is 4.79 Å². The summed E-state index contributed by atoms with van der Waals surface area (Å²) in [6.07, 6.45) is 4.28. The summed E-state index contributed by atoms with van der Waals surface area (Å²) in [5.41, 5.74) is 6.92. The number of benzene rings is 1. The van der Waals surface area contributed by atoms with E-state index in [0.717, 1.165) is 19.6 Å². The fourth-order valence-corrected chi connectivity index (χ4v) is 2.46. The van der Waals surface area contributed by atoms with Gasteiger partial charge in [-0.1, -0.05) is 18.0 Å². The minimum absolute atomic E-state index is 0.0143. The number of hydrogen-bond acceptors (Lipinski definition) is 3. The molecule has 4 nitrogen and oxygen atoms in total. The minimum Gasteiger partial charge on any atom is -0.397 e. The molecule has 104 valence electrons. The summed E-state index contributed by atoms with van der Waals surface area (Å²) < 4.78 is 0. The van der Waals surface area contributed by atoms with Gasteiger partial charge in [-0.2, -0.15) is 0 Å². The maximum absolute atomic E-state index is 11.9. The van der Waals surface area contributed by atoms with Gasteiger partial charge in [-0.15, -0.1) is 0 Å². The second-order valence-corrected chi connectivity index (χ2v) is 5.37. The normalized spacial score (nSPS) is 16.3. The Hall–Kier alpha value is -1.26. The van der Waals surface area contributed by atoms with E-state index < -0.39 is 0 Å². The van der Waals surface area contributed by atoms with Crippen LogP contribution in [0.15, 0.2) is 18.2 Å². The summed E-state index contributed by atoms with van der Waals surface area (Å²) in [4.78, 5) is 14.2. The van der Waals surface area contributed by atoms with Crippen molar-refractivity contribution in [1.29, 1.82) is 0 Å². The van der Waals surface area contributed by atoms with E-state index in [1.807, 2.05) is 0 Å². The number of nitrogens with two attached hydrogens (primary N) is 1. The fraction of sp³-hybridized carbons (Fsp3) is 0.500. The third-order valence-electron chi connectivity index (χ3n) is 3.39. The van der Waals surface area contributed by atoms with Gasteiger partial charge in [0.25, 0.3) is 0 Å². The van der Waals surface area contributed by atoms with Crippen LogP contribution in [0.2, 0.25) is 5.02 Å². The second kappa shape index (κ2) is 6.78. The van der Waals surface area contributed by atoms with Gasteiger partial charge in [-0.05, 0) is 44.1 Å². The molecule has 2 rings (SSSR count). The summed E-state index contributed by atoms with van der Waals surface area (Å²) in [5.74, 6) is -0.0143. The molecule has 0 unspecified atom stereocenters. The van der Waals surface area contributed by atoms with Crippen LogP contribution >= 0.6 is 11.6 Å². The zero-order valence-corrected chi connectivity index (χ0v) is 11.7. The number of nitrogens with zero attached hydrogens (tertiary/aromatic N) is 1. The maximum Gasteiger partial charge on any atom is 0.225 e. The molecule has 19 heavy (non-hydrogen) atoms. The van der Waals surface area contributed by atoms with Gasteiger partial charge in [-0.25, -0.2) is 0 Å². The van der Waals surface area contributed by atoms with E-state index >= 15 is 0 Å². The number of rotatable bonds is 4. The molecule has 0 aliphatic carbocycles. The first-order valence-corrected chi connectivity index (χ1v) is 7.10. The van der Waals surface area contributed by atoms with Crippen molar-refractivity contribution in [3.8, 4) is 0 Å². The summed E-state index contributed by atoms with van der Waals surface area (Å²) in [7, 11) is 0. The van der Waals surface area contributed by atoms with Crippen LogP contribution in [-0.2, 0) is 4.79 Å². The van der Waals surface area contributed by atoms with E-state index in [-0.39, 0.29) is 5.91 Å². The summed E-state index contributed by atoms with van der Waals surface area (Å²) in [6.45, 7) is 3.02. The number of amides is 1. The van der Waals surface area contributed by atoms with Gasteiger partial charge in [0.1, 0.15) is 0 Å². The Kier molecular flexibility index (Phi) is 5.05. The highest BCUT2D eigenvalue weighted by Crippen LogP contribution is 2.23. The Morgan fingerprint density at radius 1 is 1.32 bits per heavy atom. The lowest BCUT2D eigenvalue weighted by atomic mass is 10.1. The molecule has 0 spiro atoms. The zero-order valence-electron chi connectivity index (χ0n) is 11.0. The van der Waals surface area contributed by atoms with Crippen LogP contribution < -0.4 is 11.1 Å². The number of hydrogen-bond donors (Lipinski definition) is 2. The van der Waals surface area contributed by atoms with Crippen LogP contribution in [0, 0.1) is 0 Å². The smallest absolute Gasteiger partial charge is 0.225 e. The predicted octanol–water partition coefficient (Wildman–Crippen LogP) is 2.74. The van der Waals surface area contributed by atoms with Gasteiger partial charge >= 0.3 is 0 Å². The molecular formula is C14H20ClN3O. The number of nitrogens with one attached hydrogen (secondary N) is 1. The molecular weight excluding hydrogens is 262 g/mol. The third kappa shape index (κ3) is 4.40. The number of nitrogen functional groups attached to an aromatic ring is 1. The van der Waals surface area contributed by atoms with E-state index in [1.165, 1.54) is 19.3 Å². The van der Waals surface area contributed by atoms with Crippen molar-refractivity contribution in [2.75, 3.05) is 30.7 Å². The quantitative estimate of drug-likeness (QED) is 0.835. The topological polar surface area (TPSA) is 58.4 Å². The molecule has 1 saturated heterocycles. The van der Waals surface area contributed by atoms with Gasteiger partial charge in [0.2, 0.25) is 5.91 Å². The van der Waals surface area contributed by atoms with Crippen LogP contribution in [0.3, 0.4) is 0 Å². The standard InChI is InChI=1S/C14H20ClN3O/c15-11-4-5-12(16)13(10-11)17-14(19)6-9-18-7-2-1-3-8-18/h4-5,10H,1-3,6-9,16H2,(H,17,19). The lowest BCUT2D eigenvalue weighted by molar-refractivity contribution is -0.116. The van der Waals surface area contributed by atoms with Crippen LogP contribution in [0.4, 0.5) is 11.4 Å². The van der Waals surface area contributed by atoms with Crippen molar-refractivity contribution >= 4 is 28.9 Å². The number of carbonyl (C=O) groups excluding carboxylic acids is 1. The van der Waals surface area contributed by atoms with Crippen LogP contribution in [-0.4, -0.2) is 30.4 Å². The molecule has 5 heteroatoms. The average molecular weight is 282 g/mol. The molecule has 3 N–H and O–H groups in total. The Morgan fingerprint density at radius 3 is 2.79 bits per heavy atom. The molecule has 0 aromatic heterocycles. The largest absolute Gasteiger partial charge is 0.397 e.